The molecule has 12 heteroatoms. The number of carbonyl (C=O) groups is 3. The number of rotatable bonds is 13. The largest absolute Gasteiger partial charge is 0.507 e. The van der Waals surface area contributed by atoms with Crippen molar-refractivity contribution in [1.82, 2.24) is 4.57 Å². The second kappa shape index (κ2) is 18.6. The molecule has 6 rings (SSSR count). The fourth-order valence-corrected chi connectivity index (χ4v) is 6.23. The van der Waals surface area contributed by atoms with E-state index in [0.29, 0.717) is 22.7 Å². The van der Waals surface area contributed by atoms with Crippen LogP contribution >= 0.6 is 31.9 Å². The Hall–Kier alpha value is -5.59. The third kappa shape index (κ3) is 11.0. The zero-order chi connectivity index (χ0) is 39.6. The molecule has 5 aromatic carbocycles. The van der Waals surface area contributed by atoms with Gasteiger partial charge in [-0.15, -0.1) is 0 Å². The van der Waals surface area contributed by atoms with Gasteiger partial charge < -0.3 is 29.0 Å². The monoisotopic (exact) mass is 873 g/mol. The van der Waals surface area contributed by atoms with Gasteiger partial charge in [0.15, 0.2) is 5.78 Å². The van der Waals surface area contributed by atoms with Gasteiger partial charge in [0.05, 0.1) is 11.3 Å². The molecule has 8 nitrogen and oxygen atoms in total. The number of hydrogen-bond donors (Lipinski definition) is 2. The molecular weight excluding hydrogens is 840 g/mol. The van der Waals surface area contributed by atoms with Crippen molar-refractivity contribution < 1.29 is 42.9 Å². The smallest absolute Gasteiger partial charge is 0.339 e. The van der Waals surface area contributed by atoms with Crippen molar-refractivity contribution in [2.45, 2.75) is 39.9 Å². The standard InChI is InChI=1S/C25H19BrFNO4.C18H16BrFO3/c1-15-2-9-22(28(15)19-8-10-23(29)21(13-19)25(30)31)20-12-17(26)5-11-24(20)32-14-16-3-6-18(27)7-4-16;1-12(21)2-8-17(22)16-10-14(19)5-9-18(16)23-11-13-3-6-15(20)7-4-13/h2-13,29H,14H2,1H3,(H,30,31);3-7,9-10H,2,8,11H2,1H3. The average Bonchev–Trinajstić information content (AvgIpc) is 3.55. The SMILES string of the molecule is CC(=O)CCC(=O)c1cc(Br)ccc1OCc1ccc(F)cc1.Cc1ccc(-c2cc(Br)ccc2OCc2ccc(F)cc2)n1-c1ccc(O)c(C(=O)O)c1. The predicted molar refractivity (Wildman–Crippen MR) is 212 cm³/mol. The maximum absolute atomic E-state index is 13.2. The number of aryl methyl sites for hydroxylation is 1. The highest BCUT2D eigenvalue weighted by Gasteiger charge is 2.18. The van der Waals surface area contributed by atoms with E-state index in [9.17, 15) is 33.4 Å². The molecule has 0 radical (unpaired) electrons. The summed E-state index contributed by atoms with van der Waals surface area (Å²) < 4.78 is 41.4. The average molecular weight is 876 g/mol. The first-order valence-corrected chi connectivity index (χ1v) is 18.5. The summed E-state index contributed by atoms with van der Waals surface area (Å²) in [5, 5.41) is 19.3. The summed E-state index contributed by atoms with van der Waals surface area (Å²) in [7, 11) is 0. The molecule has 0 spiro atoms. The molecule has 0 saturated carbocycles. The molecule has 1 heterocycles. The van der Waals surface area contributed by atoms with Gasteiger partial charge in [-0.2, -0.15) is 0 Å². The number of carboxylic acid groups (broad SMARTS) is 1. The highest BCUT2D eigenvalue weighted by Crippen LogP contribution is 2.37. The minimum absolute atomic E-state index is 0.0258. The van der Waals surface area contributed by atoms with Crippen LogP contribution in [0.25, 0.3) is 16.9 Å². The molecule has 2 N–H and O–H groups in total. The molecule has 0 amide bonds. The highest BCUT2D eigenvalue weighted by atomic mass is 79.9. The Morgan fingerprint density at radius 3 is 1.82 bits per heavy atom. The van der Waals surface area contributed by atoms with Crippen LogP contribution in [0.5, 0.6) is 17.2 Å². The number of carboxylic acids is 1. The van der Waals surface area contributed by atoms with E-state index in [4.69, 9.17) is 9.47 Å². The third-order valence-electron chi connectivity index (χ3n) is 8.32. The first-order valence-electron chi connectivity index (χ1n) is 16.9. The molecule has 0 saturated heterocycles. The van der Waals surface area contributed by atoms with Crippen LogP contribution in [-0.2, 0) is 18.0 Å². The molecule has 0 bridgehead atoms. The van der Waals surface area contributed by atoms with Gasteiger partial charge in [0.1, 0.15) is 53.4 Å². The van der Waals surface area contributed by atoms with E-state index in [0.717, 1.165) is 37.0 Å². The highest BCUT2D eigenvalue weighted by molar-refractivity contribution is 9.10. The minimum Gasteiger partial charge on any atom is -0.507 e. The lowest BCUT2D eigenvalue weighted by Gasteiger charge is -2.17. The zero-order valence-corrected chi connectivity index (χ0v) is 32.9. The van der Waals surface area contributed by atoms with Gasteiger partial charge in [-0.1, -0.05) is 56.1 Å². The number of halogens is 4. The van der Waals surface area contributed by atoms with E-state index in [-0.39, 0.29) is 60.6 Å². The Kier molecular flexibility index (Phi) is 13.8. The normalized spacial score (nSPS) is 10.7. The first-order chi connectivity index (χ1) is 26.3. The molecule has 282 valence electrons. The molecule has 0 atom stereocenters. The molecule has 55 heavy (non-hydrogen) atoms. The summed E-state index contributed by atoms with van der Waals surface area (Å²) >= 11 is 6.84. The van der Waals surface area contributed by atoms with Crippen molar-refractivity contribution in [3.63, 3.8) is 0 Å². The van der Waals surface area contributed by atoms with E-state index in [1.54, 1.807) is 48.5 Å². The van der Waals surface area contributed by atoms with Crippen LogP contribution in [0, 0.1) is 18.6 Å². The summed E-state index contributed by atoms with van der Waals surface area (Å²) in [4.78, 5) is 34.8. The number of benzene rings is 5. The first kappa shape index (κ1) is 40.6. The van der Waals surface area contributed by atoms with Crippen molar-refractivity contribution in [2.24, 2.45) is 0 Å². The van der Waals surface area contributed by atoms with E-state index in [1.165, 1.54) is 43.3 Å². The van der Waals surface area contributed by atoms with Crippen LogP contribution in [0.4, 0.5) is 8.78 Å². The number of phenols is 1. The Morgan fingerprint density at radius 1 is 0.673 bits per heavy atom. The molecule has 1 aromatic heterocycles. The Morgan fingerprint density at radius 2 is 1.24 bits per heavy atom. The fourth-order valence-electron chi connectivity index (χ4n) is 5.51. The van der Waals surface area contributed by atoms with Crippen molar-refractivity contribution in [3.8, 4) is 34.2 Å². The van der Waals surface area contributed by atoms with E-state index >= 15 is 0 Å². The second-order valence-corrected chi connectivity index (χ2v) is 14.3. The second-order valence-electron chi connectivity index (χ2n) is 12.4. The van der Waals surface area contributed by atoms with Crippen LogP contribution in [0.15, 0.2) is 124 Å². The van der Waals surface area contributed by atoms with Crippen molar-refractivity contribution >= 4 is 49.4 Å². The number of Topliss-reactive ketones (excluding diaryl/α,β-unsaturated/α-hetero) is 2. The summed E-state index contributed by atoms with van der Waals surface area (Å²) in [6, 6.07) is 31.2. The number of ether oxygens (including phenoxy) is 2. The molecule has 6 aromatic rings. The Bertz CT molecular complexity index is 2320. The van der Waals surface area contributed by atoms with Crippen molar-refractivity contribution in [1.29, 1.82) is 0 Å². The number of carbonyl (C=O) groups excluding carboxylic acids is 2. The Balaban J connectivity index is 0.000000223. The van der Waals surface area contributed by atoms with E-state index in [1.807, 2.05) is 41.8 Å². The fraction of sp³-hybridized carbons (Fsp3) is 0.140. The van der Waals surface area contributed by atoms with Crippen molar-refractivity contribution in [2.75, 3.05) is 0 Å². The van der Waals surface area contributed by atoms with Gasteiger partial charge in [-0.25, -0.2) is 13.6 Å². The summed E-state index contributed by atoms with van der Waals surface area (Å²) in [6.07, 6.45) is 0.363. The topological polar surface area (TPSA) is 115 Å². The molecule has 0 fully saturated rings. The number of aromatic hydroxyl groups is 1. The maximum atomic E-state index is 13.2. The molecule has 0 aliphatic carbocycles. The van der Waals surface area contributed by atoms with Crippen LogP contribution < -0.4 is 9.47 Å². The number of aromatic nitrogens is 1. The van der Waals surface area contributed by atoms with Crippen LogP contribution in [0.1, 0.15) is 57.3 Å². The molecule has 0 aliphatic rings. The lowest BCUT2D eigenvalue weighted by molar-refractivity contribution is -0.117. The lowest BCUT2D eigenvalue weighted by atomic mass is 10.0. The number of aromatic carboxylic acids is 1. The summed E-state index contributed by atoms with van der Waals surface area (Å²) in [5.74, 6) is -1.21. The van der Waals surface area contributed by atoms with Crippen LogP contribution in [0.2, 0.25) is 0 Å². The summed E-state index contributed by atoms with van der Waals surface area (Å²) in [6.45, 7) is 3.86. The molecular formula is C43H35Br2F2NO7. The van der Waals surface area contributed by atoms with Crippen molar-refractivity contribution in [3.05, 3.63) is 164 Å². The third-order valence-corrected chi connectivity index (χ3v) is 9.31. The summed E-state index contributed by atoms with van der Waals surface area (Å²) in [5.41, 5.74) is 4.95. The van der Waals surface area contributed by atoms with Gasteiger partial charge in [-0.05, 0) is 116 Å². The molecule has 0 aliphatic heterocycles. The quantitative estimate of drug-likeness (QED) is 0.111. The van der Waals surface area contributed by atoms with Gasteiger partial charge in [0.2, 0.25) is 0 Å². The molecule has 0 unspecified atom stereocenters. The zero-order valence-electron chi connectivity index (χ0n) is 29.7. The predicted octanol–water partition coefficient (Wildman–Crippen LogP) is 11.1. The number of hydrogen-bond acceptors (Lipinski definition) is 6. The lowest BCUT2D eigenvalue weighted by Crippen LogP contribution is -2.06. The van der Waals surface area contributed by atoms with Gasteiger partial charge in [-0.3, -0.25) is 4.79 Å². The van der Waals surface area contributed by atoms with Gasteiger partial charge in [0.25, 0.3) is 0 Å². The number of nitrogens with zero attached hydrogens (tertiary/aromatic N) is 1. The van der Waals surface area contributed by atoms with Gasteiger partial charge >= 0.3 is 5.97 Å². The van der Waals surface area contributed by atoms with E-state index < -0.39 is 5.97 Å². The minimum atomic E-state index is -1.21. The Labute approximate surface area is 333 Å². The van der Waals surface area contributed by atoms with Crippen LogP contribution in [-0.4, -0.2) is 32.3 Å². The van der Waals surface area contributed by atoms with Crippen LogP contribution in [0.3, 0.4) is 0 Å². The number of ketones is 2. The van der Waals surface area contributed by atoms with E-state index in [2.05, 4.69) is 31.9 Å². The van der Waals surface area contributed by atoms with Gasteiger partial charge in [0, 0.05) is 38.7 Å². The maximum Gasteiger partial charge on any atom is 0.339 e.